The summed E-state index contributed by atoms with van der Waals surface area (Å²) < 4.78 is 34.3. The number of alkyl halides is 1. The van der Waals surface area contributed by atoms with E-state index in [1.807, 2.05) is 19.2 Å². The minimum atomic E-state index is -1.78. The van der Waals surface area contributed by atoms with Crippen LogP contribution in [0.25, 0.3) is 0 Å². The number of likely N-dealkylation sites (tertiary alicyclic amines) is 2. The molecule has 0 aromatic carbocycles. The third kappa shape index (κ3) is 6.20. The van der Waals surface area contributed by atoms with Gasteiger partial charge in [-0.05, 0) is 43.1 Å². The summed E-state index contributed by atoms with van der Waals surface area (Å²) in [7, 11) is 1.85. The Balaban J connectivity index is 1.18. The topological polar surface area (TPSA) is 70.6 Å². The molecule has 0 saturated carbocycles. The van der Waals surface area contributed by atoms with Gasteiger partial charge in [0.25, 0.3) is 5.91 Å². The minimum Gasteiger partial charge on any atom is -0.474 e. The van der Waals surface area contributed by atoms with E-state index in [1.165, 1.54) is 17.7 Å². The average molecular weight is 474 g/mol. The largest absolute Gasteiger partial charge is 0.474 e. The summed E-state index contributed by atoms with van der Waals surface area (Å²) in [6, 6.07) is 6.87. The Morgan fingerprint density at radius 2 is 1.94 bits per heavy atom. The molecule has 1 amide bonds. The number of halogens is 2. The molecule has 9 heteroatoms. The van der Waals surface area contributed by atoms with Crippen molar-refractivity contribution in [3.63, 3.8) is 0 Å². The highest BCUT2D eigenvalue weighted by atomic mass is 19.1. The summed E-state index contributed by atoms with van der Waals surface area (Å²) >= 11 is 0. The Bertz CT molecular complexity index is 943. The molecule has 184 valence electrons. The van der Waals surface area contributed by atoms with Crippen LogP contribution in [0.1, 0.15) is 37.7 Å². The Kier molecular flexibility index (Phi) is 7.92. The summed E-state index contributed by atoms with van der Waals surface area (Å²) in [4.78, 5) is 25.0. The summed E-state index contributed by atoms with van der Waals surface area (Å²) in [5.41, 5.74) is -0.552. The number of aromatic nitrogens is 2. The maximum Gasteiger partial charge on any atom is 0.260 e. The smallest absolute Gasteiger partial charge is 0.260 e. The van der Waals surface area contributed by atoms with E-state index in [4.69, 9.17) is 4.74 Å². The standard InChI is InChI=1S/C25H33F2N5O2/c1-28-22-17-19(6-11-29-22)3-2-12-31-15-9-25(27,10-16-31)24(33)32-13-7-21(8-14-32)34-23-5-4-20(26)18-30-23/h4-6,11,17-18,21H,2-3,7-10,12-16H2,1H3,(H,28,29). The van der Waals surface area contributed by atoms with Gasteiger partial charge in [0, 0.05) is 71.2 Å². The van der Waals surface area contributed by atoms with Gasteiger partial charge in [0.1, 0.15) is 17.7 Å². The molecule has 0 aliphatic carbocycles. The van der Waals surface area contributed by atoms with Crippen LogP contribution in [0, 0.1) is 5.82 Å². The predicted molar refractivity (Wildman–Crippen MR) is 126 cm³/mol. The number of amides is 1. The van der Waals surface area contributed by atoms with E-state index in [1.54, 1.807) is 11.1 Å². The second-order valence-electron chi connectivity index (χ2n) is 9.13. The molecule has 2 fully saturated rings. The number of hydrogen-bond acceptors (Lipinski definition) is 6. The Labute approximate surface area is 199 Å². The van der Waals surface area contributed by atoms with Crippen molar-refractivity contribution in [1.82, 2.24) is 19.8 Å². The van der Waals surface area contributed by atoms with Crippen molar-refractivity contribution in [3.05, 3.63) is 48.0 Å². The third-order valence-electron chi connectivity index (χ3n) is 6.77. The second kappa shape index (κ2) is 11.1. The quantitative estimate of drug-likeness (QED) is 0.633. The van der Waals surface area contributed by atoms with Crippen LogP contribution >= 0.6 is 0 Å². The number of piperidine rings is 2. The fourth-order valence-electron chi connectivity index (χ4n) is 4.68. The van der Waals surface area contributed by atoms with Gasteiger partial charge in [-0.1, -0.05) is 0 Å². The zero-order valence-corrected chi connectivity index (χ0v) is 19.7. The summed E-state index contributed by atoms with van der Waals surface area (Å²) in [6.07, 6.45) is 6.43. The first-order valence-corrected chi connectivity index (χ1v) is 12.1. The van der Waals surface area contributed by atoms with E-state index in [2.05, 4.69) is 20.2 Å². The van der Waals surface area contributed by atoms with Gasteiger partial charge in [0.15, 0.2) is 5.67 Å². The van der Waals surface area contributed by atoms with Gasteiger partial charge in [-0.15, -0.1) is 0 Å². The van der Waals surface area contributed by atoms with Crippen molar-refractivity contribution in [2.45, 2.75) is 50.3 Å². The van der Waals surface area contributed by atoms with Gasteiger partial charge in [0.05, 0.1) is 6.20 Å². The molecule has 4 heterocycles. The molecule has 4 rings (SSSR count). The highest BCUT2D eigenvalue weighted by molar-refractivity contribution is 5.85. The maximum atomic E-state index is 15.6. The van der Waals surface area contributed by atoms with Gasteiger partial charge in [-0.2, -0.15) is 0 Å². The molecule has 2 aromatic heterocycles. The van der Waals surface area contributed by atoms with Gasteiger partial charge >= 0.3 is 0 Å². The number of hydrogen-bond donors (Lipinski definition) is 1. The van der Waals surface area contributed by atoms with Crippen LogP contribution in [0.4, 0.5) is 14.6 Å². The van der Waals surface area contributed by atoms with Crippen LogP contribution in [0.15, 0.2) is 36.7 Å². The molecule has 0 radical (unpaired) electrons. The molecule has 0 spiro atoms. The molecule has 1 N–H and O–H groups in total. The number of aryl methyl sites for hydroxylation is 1. The first-order valence-electron chi connectivity index (χ1n) is 12.1. The number of nitrogens with zero attached hydrogens (tertiary/aromatic N) is 4. The molecule has 0 atom stereocenters. The van der Waals surface area contributed by atoms with Gasteiger partial charge in [-0.3, -0.25) is 4.79 Å². The fraction of sp³-hybridized carbons (Fsp3) is 0.560. The number of carbonyl (C=O) groups excluding carboxylic acids is 1. The fourth-order valence-corrected chi connectivity index (χ4v) is 4.68. The van der Waals surface area contributed by atoms with Crippen molar-refractivity contribution >= 4 is 11.7 Å². The zero-order valence-electron chi connectivity index (χ0n) is 19.7. The number of nitrogens with one attached hydrogen (secondary N) is 1. The van der Waals surface area contributed by atoms with Crippen LogP contribution in [0.2, 0.25) is 0 Å². The third-order valence-corrected chi connectivity index (χ3v) is 6.77. The monoisotopic (exact) mass is 473 g/mol. The number of rotatable bonds is 8. The highest BCUT2D eigenvalue weighted by Crippen LogP contribution is 2.30. The average Bonchev–Trinajstić information content (AvgIpc) is 2.87. The number of pyridine rings is 2. The van der Waals surface area contributed by atoms with Crippen molar-refractivity contribution in [2.75, 3.05) is 45.1 Å². The SMILES string of the molecule is CNc1cc(CCCN2CCC(F)(C(=O)N3CCC(Oc4ccc(F)cn4)CC3)CC2)ccn1. The van der Waals surface area contributed by atoms with Crippen LogP contribution in [-0.2, 0) is 11.2 Å². The lowest BCUT2D eigenvalue weighted by molar-refractivity contribution is -0.149. The molecule has 7 nitrogen and oxygen atoms in total. The molecule has 2 aliphatic heterocycles. The predicted octanol–water partition coefficient (Wildman–Crippen LogP) is 3.46. The van der Waals surface area contributed by atoms with E-state index in [0.717, 1.165) is 31.4 Å². The van der Waals surface area contributed by atoms with E-state index < -0.39 is 11.5 Å². The number of ether oxygens (including phenoxy) is 1. The number of carbonyl (C=O) groups is 1. The summed E-state index contributed by atoms with van der Waals surface area (Å²) in [5, 5.41) is 3.05. The molecule has 2 saturated heterocycles. The van der Waals surface area contributed by atoms with Crippen molar-refractivity contribution in [3.8, 4) is 5.88 Å². The van der Waals surface area contributed by atoms with Crippen LogP contribution in [0.5, 0.6) is 5.88 Å². The van der Waals surface area contributed by atoms with Gasteiger partial charge < -0.3 is 19.9 Å². The molecule has 2 aliphatic rings. The minimum absolute atomic E-state index is 0.107. The van der Waals surface area contributed by atoms with Crippen LogP contribution in [0.3, 0.4) is 0 Å². The first-order chi connectivity index (χ1) is 16.4. The van der Waals surface area contributed by atoms with Crippen LogP contribution in [-0.4, -0.2) is 77.2 Å². The highest BCUT2D eigenvalue weighted by Gasteiger charge is 2.44. The molecule has 0 bridgehead atoms. The molecule has 2 aromatic rings. The van der Waals surface area contributed by atoms with E-state index in [0.29, 0.717) is 44.9 Å². The maximum absolute atomic E-state index is 15.6. The Morgan fingerprint density at radius 1 is 1.18 bits per heavy atom. The molecule has 0 unspecified atom stereocenters. The second-order valence-corrected chi connectivity index (χ2v) is 9.13. The van der Waals surface area contributed by atoms with Crippen molar-refractivity contribution in [1.29, 1.82) is 0 Å². The van der Waals surface area contributed by atoms with E-state index in [9.17, 15) is 9.18 Å². The lowest BCUT2D eigenvalue weighted by Crippen LogP contribution is -2.54. The number of anilines is 1. The normalized spacial score (nSPS) is 19.1. The van der Waals surface area contributed by atoms with Crippen molar-refractivity contribution in [2.24, 2.45) is 0 Å². The first kappa shape index (κ1) is 24.3. The molecule has 34 heavy (non-hydrogen) atoms. The van der Waals surface area contributed by atoms with E-state index >= 15 is 4.39 Å². The molecular weight excluding hydrogens is 440 g/mol. The van der Waals surface area contributed by atoms with Gasteiger partial charge in [-0.25, -0.2) is 18.7 Å². The van der Waals surface area contributed by atoms with E-state index in [-0.39, 0.29) is 24.9 Å². The van der Waals surface area contributed by atoms with Gasteiger partial charge in [0.2, 0.25) is 5.88 Å². The van der Waals surface area contributed by atoms with Crippen LogP contribution < -0.4 is 10.1 Å². The summed E-state index contributed by atoms with van der Waals surface area (Å²) in [6.45, 7) is 3.00. The van der Waals surface area contributed by atoms with Crippen molar-refractivity contribution < 1.29 is 18.3 Å². The lowest BCUT2D eigenvalue weighted by atomic mass is 9.90. The summed E-state index contributed by atoms with van der Waals surface area (Å²) in [5.74, 6) is 0.427. The Morgan fingerprint density at radius 3 is 2.62 bits per heavy atom. The lowest BCUT2D eigenvalue weighted by Gasteiger charge is -2.40. The molecular formula is C25H33F2N5O2. The Hall–Kier alpha value is -2.81. The zero-order chi connectivity index (χ0) is 24.0.